The van der Waals surface area contributed by atoms with Gasteiger partial charge in [0.25, 0.3) is 0 Å². The maximum Gasteiger partial charge on any atom is 0.417 e. The van der Waals surface area contributed by atoms with E-state index in [4.69, 9.17) is 10.4 Å². The normalized spacial score (nSPS) is 13.5. The van der Waals surface area contributed by atoms with Crippen LogP contribution in [0.3, 0.4) is 0 Å². The molecule has 1 atom stereocenters. The molecule has 0 saturated heterocycles. The average molecular weight is 364 g/mol. The lowest BCUT2D eigenvalue weighted by Gasteiger charge is -2.17. The van der Waals surface area contributed by atoms with Gasteiger partial charge in [0.05, 0.1) is 22.1 Å². The highest BCUT2D eigenvalue weighted by atomic mass is 32.2. The molecule has 1 aromatic carbocycles. The van der Waals surface area contributed by atoms with E-state index in [0.29, 0.717) is 6.07 Å². The lowest BCUT2D eigenvalue weighted by Crippen LogP contribution is -2.41. The standard InChI is InChI=1S/C14H15F3N2O4S/c1-8(2)5-12(13(20)21)19-24(22,23)10-4-3-9(7-18)11(6-10)14(15,16)17/h3-4,6,8,12,19H,5H2,1-2H3,(H,20,21). The van der Waals surface area contributed by atoms with E-state index < -0.39 is 44.2 Å². The molecule has 0 saturated carbocycles. The number of carboxylic acids is 1. The molecule has 0 fully saturated rings. The van der Waals surface area contributed by atoms with Gasteiger partial charge in [0.1, 0.15) is 6.04 Å². The molecule has 132 valence electrons. The number of sulfonamides is 1. The predicted octanol–water partition coefficient (Wildman–Crippen LogP) is 2.35. The monoisotopic (exact) mass is 364 g/mol. The van der Waals surface area contributed by atoms with E-state index >= 15 is 0 Å². The SMILES string of the molecule is CC(C)CC(NS(=O)(=O)c1ccc(C#N)c(C(F)(F)F)c1)C(=O)O. The highest BCUT2D eigenvalue weighted by Gasteiger charge is 2.35. The summed E-state index contributed by atoms with van der Waals surface area (Å²) in [5.41, 5.74) is -2.12. The van der Waals surface area contributed by atoms with Crippen LogP contribution >= 0.6 is 0 Å². The molecule has 0 aliphatic carbocycles. The molecule has 6 nitrogen and oxygen atoms in total. The number of halogens is 3. The Kier molecular flexibility index (Phi) is 5.97. The molecule has 0 aliphatic rings. The molecular formula is C14H15F3N2O4S. The third kappa shape index (κ3) is 4.94. The number of nitriles is 1. The zero-order valence-corrected chi connectivity index (χ0v) is 13.6. The van der Waals surface area contributed by atoms with Gasteiger partial charge in [0, 0.05) is 0 Å². The van der Waals surface area contributed by atoms with Gasteiger partial charge in [0.2, 0.25) is 10.0 Å². The number of aliphatic carboxylic acids is 1. The fourth-order valence-electron chi connectivity index (χ4n) is 1.95. The maximum atomic E-state index is 12.9. The Hall–Kier alpha value is -2.12. The van der Waals surface area contributed by atoms with E-state index in [1.807, 2.05) is 4.72 Å². The van der Waals surface area contributed by atoms with Crippen molar-refractivity contribution in [3.8, 4) is 6.07 Å². The minimum absolute atomic E-state index is 0.0308. The van der Waals surface area contributed by atoms with Crippen molar-refractivity contribution >= 4 is 16.0 Å². The number of alkyl halides is 3. The predicted molar refractivity (Wildman–Crippen MR) is 77.4 cm³/mol. The Morgan fingerprint density at radius 2 is 1.96 bits per heavy atom. The van der Waals surface area contributed by atoms with Crippen LogP contribution in [0.15, 0.2) is 23.1 Å². The Bertz CT molecular complexity index is 767. The van der Waals surface area contributed by atoms with Gasteiger partial charge in [0.15, 0.2) is 0 Å². The zero-order valence-electron chi connectivity index (χ0n) is 12.8. The van der Waals surface area contributed by atoms with E-state index in [1.54, 1.807) is 13.8 Å². The first kappa shape index (κ1) is 19.9. The Morgan fingerprint density at radius 1 is 1.38 bits per heavy atom. The van der Waals surface area contributed by atoms with Gasteiger partial charge < -0.3 is 5.11 Å². The third-order valence-electron chi connectivity index (χ3n) is 3.03. The molecule has 10 heteroatoms. The van der Waals surface area contributed by atoms with E-state index in [9.17, 15) is 26.4 Å². The van der Waals surface area contributed by atoms with E-state index in [-0.39, 0.29) is 12.3 Å². The summed E-state index contributed by atoms with van der Waals surface area (Å²) in [6.45, 7) is 3.35. The first-order chi connectivity index (χ1) is 10.9. The summed E-state index contributed by atoms with van der Waals surface area (Å²) in [7, 11) is -4.50. The largest absolute Gasteiger partial charge is 0.480 e. The zero-order chi connectivity index (χ0) is 18.7. The summed E-state index contributed by atoms with van der Waals surface area (Å²) in [6, 6.07) is 1.73. The van der Waals surface area contributed by atoms with Gasteiger partial charge in [-0.25, -0.2) is 8.42 Å². The van der Waals surface area contributed by atoms with Crippen molar-refractivity contribution in [2.24, 2.45) is 5.92 Å². The molecule has 0 aromatic heterocycles. The van der Waals surface area contributed by atoms with Crippen molar-refractivity contribution in [3.63, 3.8) is 0 Å². The fourth-order valence-corrected chi connectivity index (χ4v) is 3.18. The highest BCUT2D eigenvalue weighted by molar-refractivity contribution is 7.89. The Morgan fingerprint density at radius 3 is 2.38 bits per heavy atom. The number of hydrogen-bond donors (Lipinski definition) is 2. The van der Waals surface area contributed by atoms with E-state index in [1.165, 1.54) is 6.07 Å². The smallest absolute Gasteiger partial charge is 0.417 e. The number of rotatable bonds is 6. The van der Waals surface area contributed by atoms with Crippen LogP contribution in [-0.2, 0) is 21.0 Å². The van der Waals surface area contributed by atoms with Gasteiger partial charge in [-0.3, -0.25) is 4.79 Å². The molecule has 0 bridgehead atoms. The molecule has 1 aromatic rings. The van der Waals surface area contributed by atoms with Gasteiger partial charge in [-0.15, -0.1) is 0 Å². The average Bonchev–Trinajstić information content (AvgIpc) is 2.44. The third-order valence-corrected chi connectivity index (χ3v) is 4.50. The lowest BCUT2D eigenvalue weighted by atomic mass is 10.1. The van der Waals surface area contributed by atoms with Crippen LogP contribution in [0.1, 0.15) is 31.4 Å². The molecule has 2 N–H and O–H groups in total. The summed E-state index contributed by atoms with van der Waals surface area (Å²) in [5.74, 6) is -1.59. The van der Waals surface area contributed by atoms with Crippen LogP contribution in [0.5, 0.6) is 0 Å². The number of nitrogens with one attached hydrogen (secondary N) is 1. The quantitative estimate of drug-likeness (QED) is 0.806. The molecule has 1 rings (SSSR count). The molecule has 0 aliphatic heterocycles. The van der Waals surface area contributed by atoms with Crippen molar-refractivity contribution in [2.45, 2.75) is 37.4 Å². The second-order valence-corrected chi connectivity index (χ2v) is 7.17. The minimum Gasteiger partial charge on any atom is -0.480 e. The second kappa shape index (κ2) is 7.19. The van der Waals surface area contributed by atoms with Gasteiger partial charge >= 0.3 is 12.1 Å². The number of hydrogen-bond acceptors (Lipinski definition) is 4. The van der Waals surface area contributed by atoms with Crippen LogP contribution < -0.4 is 4.72 Å². The summed E-state index contributed by atoms with van der Waals surface area (Å²) >= 11 is 0. The van der Waals surface area contributed by atoms with E-state index in [0.717, 1.165) is 12.1 Å². The van der Waals surface area contributed by atoms with Gasteiger partial charge in [-0.1, -0.05) is 13.8 Å². The topological polar surface area (TPSA) is 107 Å². The summed E-state index contributed by atoms with van der Waals surface area (Å²) in [6.07, 6.45) is -4.95. The Balaban J connectivity index is 3.29. The number of benzene rings is 1. The summed E-state index contributed by atoms with van der Waals surface area (Å²) < 4.78 is 65.0. The summed E-state index contributed by atoms with van der Waals surface area (Å²) in [4.78, 5) is 10.4. The minimum atomic E-state index is -4.92. The Labute approximate surface area is 137 Å². The van der Waals surface area contributed by atoms with Crippen molar-refractivity contribution < 1.29 is 31.5 Å². The molecule has 24 heavy (non-hydrogen) atoms. The molecule has 0 radical (unpaired) electrons. The van der Waals surface area contributed by atoms with Gasteiger partial charge in [-0.05, 0) is 30.5 Å². The second-order valence-electron chi connectivity index (χ2n) is 5.46. The molecule has 0 heterocycles. The van der Waals surface area contributed by atoms with Crippen molar-refractivity contribution in [1.82, 2.24) is 4.72 Å². The van der Waals surface area contributed by atoms with E-state index in [2.05, 4.69) is 0 Å². The van der Waals surface area contributed by atoms with Crippen molar-refractivity contribution in [3.05, 3.63) is 29.3 Å². The van der Waals surface area contributed by atoms with Crippen LogP contribution in [0.25, 0.3) is 0 Å². The number of nitrogens with zero attached hydrogens (tertiary/aromatic N) is 1. The van der Waals surface area contributed by atoms with Crippen molar-refractivity contribution in [2.75, 3.05) is 0 Å². The molecule has 0 spiro atoms. The van der Waals surface area contributed by atoms with Crippen LogP contribution in [0.4, 0.5) is 13.2 Å². The van der Waals surface area contributed by atoms with Crippen LogP contribution in [0, 0.1) is 17.2 Å². The van der Waals surface area contributed by atoms with Gasteiger partial charge in [-0.2, -0.15) is 23.2 Å². The summed E-state index contributed by atoms with van der Waals surface area (Å²) in [5, 5.41) is 17.7. The number of carbonyl (C=O) groups is 1. The van der Waals surface area contributed by atoms with Crippen molar-refractivity contribution in [1.29, 1.82) is 5.26 Å². The molecule has 1 unspecified atom stereocenters. The number of carboxylic acid groups (broad SMARTS) is 1. The fraction of sp³-hybridized carbons (Fsp3) is 0.429. The maximum absolute atomic E-state index is 12.9. The first-order valence-corrected chi connectivity index (χ1v) is 8.23. The van der Waals surface area contributed by atoms with Crippen LogP contribution in [0.2, 0.25) is 0 Å². The lowest BCUT2D eigenvalue weighted by molar-refractivity contribution is -0.139. The van der Waals surface area contributed by atoms with Crippen LogP contribution in [-0.4, -0.2) is 25.5 Å². The molecule has 0 amide bonds. The first-order valence-electron chi connectivity index (χ1n) is 6.75. The highest BCUT2D eigenvalue weighted by Crippen LogP contribution is 2.33. The molecular weight excluding hydrogens is 349 g/mol.